The van der Waals surface area contributed by atoms with Crippen molar-refractivity contribution < 1.29 is 0 Å². The molecule has 3 aromatic rings. The highest BCUT2D eigenvalue weighted by Crippen LogP contribution is 2.14. The average Bonchev–Trinajstić information content (AvgIpc) is 2.63. The summed E-state index contributed by atoms with van der Waals surface area (Å²) < 4.78 is 0. The molecule has 25 heavy (non-hydrogen) atoms. The van der Waals surface area contributed by atoms with Gasteiger partial charge in [0.05, 0.1) is 0 Å². The van der Waals surface area contributed by atoms with E-state index >= 15 is 0 Å². The maximum absolute atomic E-state index is 12.2. The minimum absolute atomic E-state index is 0.0684. The first-order valence-corrected chi connectivity index (χ1v) is 9.36. The van der Waals surface area contributed by atoms with Gasteiger partial charge in [-0.05, 0) is 37.0 Å². The topological polar surface area (TPSA) is 58.6 Å². The van der Waals surface area contributed by atoms with Crippen LogP contribution in [0.4, 0.5) is 0 Å². The molecule has 0 saturated heterocycles. The van der Waals surface area contributed by atoms with Crippen LogP contribution in [0.2, 0.25) is 0 Å². The molecule has 0 saturated carbocycles. The van der Waals surface area contributed by atoms with E-state index in [2.05, 4.69) is 39.2 Å². The van der Waals surface area contributed by atoms with Crippen LogP contribution in [-0.2, 0) is 12.8 Å². The number of hydrogen-bond donors (Lipinski definition) is 1. The number of H-pyrrole nitrogens is 1. The summed E-state index contributed by atoms with van der Waals surface area (Å²) in [6.45, 7) is 1.95. The lowest BCUT2D eigenvalue weighted by Gasteiger charge is -2.04. The van der Waals surface area contributed by atoms with E-state index in [1.165, 1.54) is 5.56 Å². The van der Waals surface area contributed by atoms with Gasteiger partial charge in [0, 0.05) is 35.8 Å². The predicted molar refractivity (Wildman–Crippen MR) is 102 cm³/mol. The Kier molecular flexibility index (Phi) is 6.01. The van der Waals surface area contributed by atoms with E-state index in [-0.39, 0.29) is 5.56 Å². The van der Waals surface area contributed by atoms with Crippen molar-refractivity contribution in [2.45, 2.75) is 31.3 Å². The maximum atomic E-state index is 12.2. The number of benzene rings is 1. The molecular weight excluding hydrogens is 330 g/mol. The minimum atomic E-state index is -0.0684. The maximum Gasteiger partial charge on any atom is 0.255 e. The summed E-state index contributed by atoms with van der Waals surface area (Å²) in [7, 11) is 0. The zero-order valence-corrected chi connectivity index (χ0v) is 15.1. The highest BCUT2D eigenvalue weighted by atomic mass is 32.2. The fourth-order valence-electron chi connectivity index (χ4n) is 2.52. The zero-order valence-electron chi connectivity index (χ0n) is 14.2. The third-order valence-electron chi connectivity index (χ3n) is 3.91. The molecule has 3 rings (SSSR count). The molecule has 1 N–H and O–H groups in total. The van der Waals surface area contributed by atoms with E-state index in [4.69, 9.17) is 0 Å². The third kappa shape index (κ3) is 5.29. The molecule has 128 valence electrons. The van der Waals surface area contributed by atoms with Gasteiger partial charge in [-0.2, -0.15) is 0 Å². The number of rotatable bonds is 7. The van der Waals surface area contributed by atoms with Crippen LogP contribution >= 0.6 is 11.8 Å². The first kappa shape index (κ1) is 17.4. The normalized spacial score (nSPS) is 10.8. The van der Waals surface area contributed by atoms with Gasteiger partial charge in [-0.15, -0.1) is 0 Å². The van der Waals surface area contributed by atoms with Crippen LogP contribution in [0.5, 0.6) is 0 Å². The Morgan fingerprint density at radius 2 is 1.84 bits per heavy atom. The lowest BCUT2D eigenvalue weighted by molar-refractivity contribution is 0.886. The molecule has 4 nitrogen and oxygen atoms in total. The summed E-state index contributed by atoms with van der Waals surface area (Å²) in [4.78, 5) is 23.8. The van der Waals surface area contributed by atoms with Crippen LogP contribution in [-0.4, -0.2) is 20.7 Å². The summed E-state index contributed by atoms with van der Waals surface area (Å²) in [5.41, 5.74) is 3.92. The Balaban J connectivity index is 1.53. The standard InChI is InChI=1S/C20H21N3OS/c1-15-9-10-17(13-21-15)12-18-14-22-20(23-19(18)24)25-11-5-8-16-6-3-2-4-7-16/h2-4,6-7,9-10,13-14H,5,8,11-12H2,1H3,(H,22,23,24). The number of nitrogens with one attached hydrogen (secondary N) is 1. The van der Waals surface area contributed by atoms with E-state index in [9.17, 15) is 4.79 Å². The number of aryl methyl sites for hydroxylation is 2. The van der Waals surface area contributed by atoms with Crippen molar-refractivity contribution in [2.24, 2.45) is 0 Å². The number of nitrogens with zero attached hydrogens (tertiary/aromatic N) is 2. The SMILES string of the molecule is Cc1ccc(Cc2cnc(SCCCc3ccccc3)[nH]c2=O)cn1. The molecule has 0 fully saturated rings. The lowest BCUT2D eigenvalue weighted by Crippen LogP contribution is -2.15. The zero-order chi connectivity index (χ0) is 17.5. The van der Waals surface area contributed by atoms with Gasteiger partial charge in [0.25, 0.3) is 5.56 Å². The van der Waals surface area contributed by atoms with Crippen molar-refractivity contribution >= 4 is 11.8 Å². The molecule has 2 aromatic heterocycles. The Morgan fingerprint density at radius 3 is 2.56 bits per heavy atom. The first-order valence-electron chi connectivity index (χ1n) is 8.37. The van der Waals surface area contributed by atoms with Crippen LogP contribution in [0.15, 0.2) is 64.8 Å². The van der Waals surface area contributed by atoms with Crippen molar-refractivity contribution in [3.63, 3.8) is 0 Å². The Morgan fingerprint density at radius 1 is 1.00 bits per heavy atom. The quantitative estimate of drug-likeness (QED) is 0.400. The molecule has 0 spiro atoms. The molecule has 5 heteroatoms. The monoisotopic (exact) mass is 351 g/mol. The summed E-state index contributed by atoms with van der Waals surface area (Å²) in [6.07, 6.45) is 6.12. The largest absolute Gasteiger partial charge is 0.301 e. The van der Waals surface area contributed by atoms with E-state index in [1.54, 1.807) is 24.2 Å². The molecule has 0 aliphatic carbocycles. The Hall–Kier alpha value is -2.40. The van der Waals surface area contributed by atoms with E-state index in [0.29, 0.717) is 17.1 Å². The van der Waals surface area contributed by atoms with Gasteiger partial charge in [-0.3, -0.25) is 9.78 Å². The number of aromatic amines is 1. The second kappa shape index (κ2) is 8.62. The van der Waals surface area contributed by atoms with Crippen LogP contribution in [0.3, 0.4) is 0 Å². The van der Waals surface area contributed by atoms with Gasteiger partial charge < -0.3 is 4.98 Å². The van der Waals surface area contributed by atoms with Crippen molar-refractivity contribution in [3.8, 4) is 0 Å². The molecule has 0 unspecified atom stereocenters. The Bertz CT molecular complexity index is 860. The van der Waals surface area contributed by atoms with Crippen LogP contribution < -0.4 is 5.56 Å². The molecule has 0 aliphatic rings. The predicted octanol–water partition coefficient (Wildman–Crippen LogP) is 3.79. The van der Waals surface area contributed by atoms with Gasteiger partial charge in [0.15, 0.2) is 5.16 Å². The molecule has 0 radical (unpaired) electrons. The highest BCUT2D eigenvalue weighted by molar-refractivity contribution is 7.99. The van der Waals surface area contributed by atoms with Crippen molar-refractivity contribution in [1.82, 2.24) is 15.0 Å². The lowest BCUT2D eigenvalue weighted by atomic mass is 10.1. The molecule has 0 amide bonds. The number of pyridine rings is 1. The average molecular weight is 351 g/mol. The molecule has 2 heterocycles. The first-order chi connectivity index (χ1) is 12.2. The minimum Gasteiger partial charge on any atom is -0.301 e. The van der Waals surface area contributed by atoms with Gasteiger partial charge in [0.2, 0.25) is 0 Å². The Labute approximate surface area is 151 Å². The second-order valence-electron chi connectivity index (χ2n) is 5.96. The molecular formula is C20H21N3OS. The van der Waals surface area contributed by atoms with Gasteiger partial charge >= 0.3 is 0 Å². The fraction of sp³-hybridized carbons (Fsp3) is 0.250. The molecule has 1 aromatic carbocycles. The van der Waals surface area contributed by atoms with Crippen LogP contribution in [0.1, 0.15) is 28.8 Å². The van der Waals surface area contributed by atoms with Crippen molar-refractivity contribution in [1.29, 1.82) is 0 Å². The highest BCUT2D eigenvalue weighted by Gasteiger charge is 2.05. The van der Waals surface area contributed by atoms with Crippen LogP contribution in [0, 0.1) is 6.92 Å². The molecule has 0 atom stereocenters. The second-order valence-corrected chi connectivity index (χ2v) is 7.05. The van der Waals surface area contributed by atoms with Crippen LogP contribution in [0.25, 0.3) is 0 Å². The summed E-state index contributed by atoms with van der Waals surface area (Å²) in [6, 6.07) is 14.4. The van der Waals surface area contributed by atoms with Crippen molar-refractivity contribution in [3.05, 3.63) is 87.6 Å². The number of thioether (sulfide) groups is 1. The smallest absolute Gasteiger partial charge is 0.255 e. The number of hydrogen-bond acceptors (Lipinski definition) is 4. The summed E-state index contributed by atoms with van der Waals surface area (Å²) in [5.74, 6) is 0.930. The summed E-state index contributed by atoms with van der Waals surface area (Å²) in [5, 5.41) is 0.684. The van der Waals surface area contributed by atoms with Crippen molar-refractivity contribution in [2.75, 3.05) is 5.75 Å². The summed E-state index contributed by atoms with van der Waals surface area (Å²) >= 11 is 1.59. The fourth-order valence-corrected chi connectivity index (χ4v) is 3.29. The van der Waals surface area contributed by atoms with Gasteiger partial charge in [-0.25, -0.2) is 4.98 Å². The third-order valence-corrected chi connectivity index (χ3v) is 4.88. The van der Waals surface area contributed by atoms with Gasteiger partial charge in [-0.1, -0.05) is 48.2 Å². The number of aromatic nitrogens is 3. The van der Waals surface area contributed by atoms with Gasteiger partial charge in [0.1, 0.15) is 0 Å². The molecule has 0 aliphatic heterocycles. The van der Waals surface area contributed by atoms with E-state index < -0.39 is 0 Å². The van der Waals surface area contributed by atoms with E-state index in [0.717, 1.165) is 29.9 Å². The van der Waals surface area contributed by atoms with E-state index in [1.807, 2.05) is 25.1 Å². The molecule has 0 bridgehead atoms.